The molecule has 2 aromatic heterocycles. The first kappa shape index (κ1) is 22.5. The molecule has 8 nitrogen and oxygen atoms in total. The minimum Gasteiger partial charge on any atom is -0.462 e. The molecular weight excluding hydrogens is 442 g/mol. The number of carbonyl (C=O) groups excluding carboxylic acids is 3. The third-order valence-electron chi connectivity index (χ3n) is 4.28. The van der Waals surface area contributed by atoms with Gasteiger partial charge in [-0.15, -0.1) is 11.3 Å². The van der Waals surface area contributed by atoms with Gasteiger partial charge in [-0.1, -0.05) is 23.7 Å². The van der Waals surface area contributed by atoms with E-state index in [1.165, 1.54) is 0 Å². The van der Waals surface area contributed by atoms with Gasteiger partial charge in [-0.25, -0.2) is 9.59 Å². The van der Waals surface area contributed by atoms with Crippen molar-refractivity contribution in [1.82, 2.24) is 10.2 Å². The van der Waals surface area contributed by atoms with E-state index in [0.717, 1.165) is 16.9 Å². The van der Waals surface area contributed by atoms with Crippen LogP contribution >= 0.6 is 22.9 Å². The minimum absolute atomic E-state index is 0.126. The average Bonchev–Trinajstić information content (AvgIpc) is 3.34. The molecule has 10 heteroatoms. The van der Waals surface area contributed by atoms with Crippen LogP contribution in [0.15, 0.2) is 30.3 Å². The van der Waals surface area contributed by atoms with E-state index in [0.29, 0.717) is 16.3 Å². The van der Waals surface area contributed by atoms with Crippen LogP contribution in [0.1, 0.15) is 49.9 Å². The number of anilines is 1. The Bertz CT molecular complexity index is 1120. The Morgan fingerprint density at radius 1 is 1.10 bits per heavy atom. The maximum Gasteiger partial charge on any atom is 0.348 e. The summed E-state index contributed by atoms with van der Waals surface area (Å²) in [6.45, 7) is 5.31. The van der Waals surface area contributed by atoms with Crippen molar-refractivity contribution in [2.45, 2.75) is 20.8 Å². The zero-order chi connectivity index (χ0) is 22.5. The number of ether oxygens (including phenoxy) is 2. The summed E-state index contributed by atoms with van der Waals surface area (Å²) in [6, 6.07) is 8.60. The van der Waals surface area contributed by atoms with Gasteiger partial charge in [-0.3, -0.25) is 9.89 Å². The Morgan fingerprint density at radius 3 is 2.39 bits per heavy atom. The number of thiophene rings is 1. The lowest BCUT2D eigenvalue weighted by Gasteiger charge is -2.06. The molecule has 0 atom stereocenters. The van der Waals surface area contributed by atoms with Gasteiger partial charge in [-0.2, -0.15) is 5.10 Å². The number of nitrogens with zero attached hydrogens (tertiary/aromatic N) is 1. The van der Waals surface area contributed by atoms with Gasteiger partial charge in [0, 0.05) is 10.6 Å². The van der Waals surface area contributed by atoms with E-state index in [4.69, 9.17) is 21.1 Å². The summed E-state index contributed by atoms with van der Waals surface area (Å²) in [5, 5.41) is 10.3. The van der Waals surface area contributed by atoms with E-state index in [9.17, 15) is 14.4 Å². The van der Waals surface area contributed by atoms with Crippen molar-refractivity contribution in [3.63, 3.8) is 0 Å². The summed E-state index contributed by atoms with van der Waals surface area (Å²) in [6.07, 6.45) is 0. The Balaban J connectivity index is 1.89. The van der Waals surface area contributed by atoms with Crippen LogP contribution in [-0.2, 0) is 9.47 Å². The van der Waals surface area contributed by atoms with Crippen molar-refractivity contribution in [2.75, 3.05) is 18.5 Å². The monoisotopic (exact) mass is 461 g/mol. The molecule has 31 heavy (non-hydrogen) atoms. The molecule has 0 spiro atoms. The smallest absolute Gasteiger partial charge is 0.348 e. The highest BCUT2D eigenvalue weighted by Crippen LogP contribution is 2.34. The lowest BCUT2D eigenvalue weighted by Crippen LogP contribution is -2.15. The summed E-state index contributed by atoms with van der Waals surface area (Å²) in [5.74, 6) is -1.72. The first-order valence-electron chi connectivity index (χ1n) is 9.46. The molecule has 3 aromatic rings. The second-order valence-electron chi connectivity index (χ2n) is 6.33. The average molecular weight is 462 g/mol. The largest absolute Gasteiger partial charge is 0.462 e. The Kier molecular flexibility index (Phi) is 7.09. The van der Waals surface area contributed by atoms with Crippen LogP contribution in [-0.4, -0.2) is 41.3 Å². The highest BCUT2D eigenvalue weighted by Gasteiger charge is 2.27. The standard InChI is InChI=1S/C21H20ClN3O5S/c1-4-29-20(27)16-11(3)17(21(28)30-5-2)31-19(16)23-18(26)15-10-14(24-25-15)12-6-8-13(22)9-7-12/h6-10H,4-5H2,1-3H3,(H,23,26)(H,24,25). The molecule has 1 aromatic carbocycles. The van der Waals surface area contributed by atoms with E-state index in [2.05, 4.69) is 15.5 Å². The van der Waals surface area contributed by atoms with E-state index < -0.39 is 17.8 Å². The number of halogens is 1. The Hall–Kier alpha value is -3.17. The zero-order valence-corrected chi connectivity index (χ0v) is 18.6. The molecule has 2 heterocycles. The first-order valence-corrected chi connectivity index (χ1v) is 10.6. The van der Waals surface area contributed by atoms with Gasteiger partial charge in [0.25, 0.3) is 5.91 Å². The predicted molar refractivity (Wildman–Crippen MR) is 118 cm³/mol. The molecule has 0 aliphatic heterocycles. The lowest BCUT2D eigenvalue weighted by molar-refractivity contribution is 0.0527. The number of H-pyrrole nitrogens is 1. The van der Waals surface area contributed by atoms with E-state index in [1.807, 2.05) is 0 Å². The fraction of sp³-hybridized carbons (Fsp3) is 0.238. The Labute approximate surface area is 187 Å². The third kappa shape index (κ3) is 4.95. The second kappa shape index (κ2) is 9.76. The molecule has 3 rings (SSSR count). The molecule has 0 radical (unpaired) electrons. The number of amides is 1. The maximum atomic E-state index is 12.8. The number of hydrogen-bond acceptors (Lipinski definition) is 7. The van der Waals surface area contributed by atoms with Crippen molar-refractivity contribution < 1.29 is 23.9 Å². The van der Waals surface area contributed by atoms with Crippen LogP contribution in [0.5, 0.6) is 0 Å². The van der Waals surface area contributed by atoms with E-state index in [-0.39, 0.29) is 34.3 Å². The van der Waals surface area contributed by atoms with Crippen LogP contribution < -0.4 is 5.32 Å². The summed E-state index contributed by atoms with van der Waals surface area (Å²) in [7, 11) is 0. The molecule has 0 aliphatic carbocycles. The summed E-state index contributed by atoms with van der Waals surface area (Å²) < 4.78 is 10.1. The molecule has 2 N–H and O–H groups in total. The number of benzene rings is 1. The molecule has 1 amide bonds. The van der Waals surface area contributed by atoms with Gasteiger partial charge < -0.3 is 14.8 Å². The number of aromatic nitrogens is 2. The quantitative estimate of drug-likeness (QED) is 0.493. The molecule has 0 aliphatic rings. The summed E-state index contributed by atoms with van der Waals surface area (Å²) in [5.41, 5.74) is 2.04. The fourth-order valence-corrected chi connectivity index (χ4v) is 4.03. The van der Waals surface area contributed by atoms with Crippen molar-refractivity contribution in [3.05, 3.63) is 57.1 Å². The van der Waals surface area contributed by atoms with Crippen molar-refractivity contribution in [1.29, 1.82) is 0 Å². The van der Waals surface area contributed by atoms with E-state index >= 15 is 0 Å². The van der Waals surface area contributed by atoms with Crippen LogP contribution in [0.3, 0.4) is 0 Å². The fourth-order valence-electron chi connectivity index (χ4n) is 2.82. The number of hydrogen-bond donors (Lipinski definition) is 2. The van der Waals surface area contributed by atoms with Gasteiger partial charge in [0.15, 0.2) is 0 Å². The van der Waals surface area contributed by atoms with Gasteiger partial charge >= 0.3 is 11.9 Å². The highest BCUT2D eigenvalue weighted by atomic mass is 35.5. The van der Waals surface area contributed by atoms with Crippen LogP contribution in [0.4, 0.5) is 5.00 Å². The van der Waals surface area contributed by atoms with Crippen molar-refractivity contribution >= 4 is 45.8 Å². The highest BCUT2D eigenvalue weighted by molar-refractivity contribution is 7.18. The molecule has 0 bridgehead atoms. The third-order valence-corrected chi connectivity index (χ3v) is 5.72. The maximum absolute atomic E-state index is 12.8. The van der Waals surface area contributed by atoms with Gasteiger partial charge in [-0.05, 0) is 44.5 Å². The van der Waals surface area contributed by atoms with Crippen molar-refractivity contribution in [3.8, 4) is 11.3 Å². The van der Waals surface area contributed by atoms with Crippen LogP contribution in [0.2, 0.25) is 5.02 Å². The Morgan fingerprint density at radius 2 is 1.74 bits per heavy atom. The molecule has 0 saturated carbocycles. The predicted octanol–water partition coefficient (Wildman–Crippen LogP) is 4.71. The number of nitrogens with one attached hydrogen (secondary N) is 2. The number of esters is 2. The molecule has 162 valence electrons. The normalized spacial score (nSPS) is 10.6. The van der Waals surface area contributed by atoms with Gasteiger partial charge in [0.1, 0.15) is 15.6 Å². The number of carbonyl (C=O) groups is 3. The second-order valence-corrected chi connectivity index (χ2v) is 7.79. The minimum atomic E-state index is -0.631. The molecule has 0 fully saturated rings. The van der Waals surface area contributed by atoms with Gasteiger partial charge in [0.05, 0.1) is 24.5 Å². The first-order chi connectivity index (χ1) is 14.8. The topological polar surface area (TPSA) is 110 Å². The SMILES string of the molecule is CCOC(=O)c1sc(NC(=O)c2cc(-c3ccc(Cl)cc3)n[nH]2)c(C(=O)OCC)c1C. The van der Waals surface area contributed by atoms with Gasteiger partial charge in [0.2, 0.25) is 0 Å². The molecule has 0 saturated heterocycles. The summed E-state index contributed by atoms with van der Waals surface area (Å²) in [4.78, 5) is 37.7. The summed E-state index contributed by atoms with van der Waals surface area (Å²) >= 11 is 6.86. The molecule has 0 unspecified atom stereocenters. The lowest BCUT2D eigenvalue weighted by atomic mass is 10.1. The van der Waals surface area contributed by atoms with E-state index in [1.54, 1.807) is 51.1 Å². The van der Waals surface area contributed by atoms with Crippen LogP contribution in [0.25, 0.3) is 11.3 Å². The molecular formula is C21H20ClN3O5S. The zero-order valence-electron chi connectivity index (χ0n) is 17.1. The van der Waals surface area contributed by atoms with Crippen molar-refractivity contribution in [2.24, 2.45) is 0 Å². The number of rotatable bonds is 7. The number of aromatic amines is 1. The van der Waals surface area contributed by atoms with Crippen LogP contribution in [0, 0.1) is 6.92 Å².